The zero-order valence-corrected chi connectivity index (χ0v) is 11.1. The molecule has 0 aliphatic heterocycles. The lowest BCUT2D eigenvalue weighted by Gasteiger charge is -2.05. The smallest absolute Gasteiger partial charge is 0.111 e. The Morgan fingerprint density at radius 3 is 2.76 bits per heavy atom. The molecule has 2 rings (SSSR count). The van der Waals surface area contributed by atoms with Gasteiger partial charge in [0, 0.05) is 19.3 Å². The van der Waals surface area contributed by atoms with Gasteiger partial charge in [-0.2, -0.15) is 5.10 Å². The van der Waals surface area contributed by atoms with Gasteiger partial charge in [0.05, 0.1) is 17.8 Å². The summed E-state index contributed by atoms with van der Waals surface area (Å²) in [6.45, 7) is 10.3. The zero-order chi connectivity index (χ0) is 12.7. The molecule has 0 radical (unpaired) electrons. The molecule has 94 valence electrons. The van der Waals surface area contributed by atoms with E-state index in [1.807, 2.05) is 46.0 Å². The Kier molecular flexibility index (Phi) is 5.63. The van der Waals surface area contributed by atoms with Gasteiger partial charge in [-0.1, -0.05) is 13.8 Å². The molecule has 0 fully saturated rings. The van der Waals surface area contributed by atoms with Crippen LogP contribution in [0, 0.1) is 6.92 Å². The summed E-state index contributed by atoms with van der Waals surface area (Å²) in [6, 6.07) is 4.03. The number of aryl methyl sites for hydroxylation is 1. The summed E-state index contributed by atoms with van der Waals surface area (Å²) in [5.74, 6) is 0. The van der Waals surface area contributed by atoms with Gasteiger partial charge in [0.15, 0.2) is 0 Å². The number of aromatic nitrogens is 3. The van der Waals surface area contributed by atoms with Gasteiger partial charge in [-0.3, -0.25) is 0 Å². The minimum Gasteiger partial charge on any atom is -0.380 e. The minimum atomic E-state index is 0.738. The van der Waals surface area contributed by atoms with Gasteiger partial charge in [0.2, 0.25) is 0 Å². The molecule has 0 saturated carbocycles. The van der Waals surface area contributed by atoms with Crippen LogP contribution in [0.15, 0.2) is 18.3 Å². The van der Waals surface area contributed by atoms with Crippen LogP contribution in [0.5, 0.6) is 0 Å². The van der Waals surface area contributed by atoms with Crippen LogP contribution in [0.1, 0.15) is 26.5 Å². The Labute approximate surface area is 103 Å². The Bertz CT molecular complexity index is 451. The molecule has 0 saturated heterocycles. The molecule has 2 aromatic rings. The van der Waals surface area contributed by atoms with Crippen molar-refractivity contribution in [2.75, 3.05) is 13.2 Å². The molecule has 0 aliphatic carbocycles. The highest BCUT2D eigenvalue weighted by Gasteiger charge is 2.02. The molecule has 0 unspecified atom stereocenters. The first-order valence-corrected chi connectivity index (χ1v) is 6.18. The standard InChI is InChI=1S/C11H15N3O.C2H6/c1-3-15-7-6-14-5-4-10-11(14)8-9(2)12-13-10;1-2/h4-5,8H,3,6-7H2,1-2H3;1-2H3. The summed E-state index contributed by atoms with van der Waals surface area (Å²) in [4.78, 5) is 0. The summed E-state index contributed by atoms with van der Waals surface area (Å²) >= 11 is 0. The highest BCUT2D eigenvalue weighted by Crippen LogP contribution is 2.12. The molecule has 2 heterocycles. The Morgan fingerprint density at radius 1 is 1.29 bits per heavy atom. The van der Waals surface area contributed by atoms with E-state index in [1.54, 1.807) is 0 Å². The number of ether oxygens (including phenoxy) is 1. The fourth-order valence-electron chi connectivity index (χ4n) is 1.58. The van der Waals surface area contributed by atoms with Crippen molar-refractivity contribution >= 4 is 11.0 Å². The molecule has 0 N–H and O–H groups in total. The minimum absolute atomic E-state index is 0.738. The van der Waals surface area contributed by atoms with Gasteiger partial charge < -0.3 is 9.30 Å². The van der Waals surface area contributed by atoms with Gasteiger partial charge in [-0.05, 0) is 26.0 Å². The second-order valence-electron chi connectivity index (χ2n) is 3.46. The van der Waals surface area contributed by atoms with Crippen molar-refractivity contribution in [3.8, 4) is 0 Å². The van der Waals surface area contributed by atoms with Gasteiger partial charge in [0.1, 0.15) is 5.52 Å². The maximum Gasteiger partial charge on any atom is 0.111 e. The quantitative estimate of drug-likeness (QED) is 0.765. The van der Waals surface area contributed by atoms with E-state index in [-0.39, 0.29) is 0 Å². The van der Waals surface area contributed by atoms with Gasteiger partial charge in [0.25, 0.3) is 0 Å². The molecular weight excluding hydrogens is 214 g/mol. The van der Waals surface area contributed by atoms with Crippen molar-refractivity contribution in [3.63, 3.8) is 0 Å². The summed E-state index contributed by atoms with van der Waals surface area (Å²) in [6.07, 6.45) is 2.03. The number of nitrogens with zero attached hydrogens (tertiary/aromatic N) is 3. The van der Waals surface area contributed by atoms with E-state index >= 15 is 0 Å². The zero-order valence-electron chi connectivity index (χ0n) is 11.1. The van der Waals surface area contributed by atoms with Gasteiger partial charge in [-0.25, -0.2) is 0 Å². The summed E-state index contributed by atoms with van der Waals surface area (Å²) < 4.78 is 7.47. The summed E-state index contributed by atoms with van der Waals surface area (Å²) in [5, 5.41) is 8.14. The van der Waals surface area contributed by atoms with E-state index in [4.69, 9.17) is 4.74 Å². The van der Waals surface area contributed by atoms with E-state index < -0.39 is 0 Å². The average Bonchev–Trinajstić information content (AvgIpc) is 2.75. The first-order valence-electron chi connectivity index (χ1n) is 6.18. The summed E-state index contributed by atoms with van der Waals surface area (Å²) in [7, 11) is 0. The molecule has 0 aliphatic rings. The average molecular weight is 235 g/mol. The number of hydrogen-bond donors (Lipinski definition) is 0. The monoisotopic (exact) mass is 235 g/mol. The molecule has 0 atom stereocenters. The highest BCUT2D eigenvalue weighted by atomic mass is 16.5. The number of rotatable bonds is 4. The maximum absolute atomic E-state index is 5.33. The van der Waals surface area contributed by atoms with Crippen molar-refractivity contribution in [2.24, 2.45) is 0 Å². The Hall–Kier alpha value is -1.42. The van der Waals surface area contributed by atoms with Crippen LogP contribution in [-0.2, 0) is 11.3 Å². The third kappa shape index (κ3) is 3.53. The number of hydrogen-bond acceptors (Lipinski definition) is 3. The first kappa shape index (κ1) is 13.6. The van der Waals surface area contributed by atoms with Crippen LogP contribution in [0.4, 0.5) is 0 Å². The molecule has 4 heteroatoms. The molecule has 4 nitrogen and oxygen atoms in total. The third-order valence-corrected chi connectivity index (χ3v) is 2.33. The van der Waals surface area contributed by atoms with E-state index in [9.17, 15) is 0 Å². The van der Waals surface area contributed by atoms with Crippen LogP contribution in [0.3, 0.4) is 0 Å². The van der Waals surface area contributed by atoms with E-state index in [1.165, 1.54) is 0 Å². The molecule has 2 aromatic heterocycles. The van der Waals surface area contributed by atoms with Crippen molar-refractivity contribution in [1.82, 2.24) is 14.8 Å². The second kappa shape index (κ2) is 7.01. The predicted molar refractivity (Wildman–Crippen MR) is 70.1 cm³/mol. The third-order valence-electron chi connectivity index (χ3n) is 2.33. The molecular formula is C13H21N3O. The molecule has 17 heavy (non-hydrogen) atoms. The lowest BCUT2D eigenvalue weighted by molar-refractivity contribution is 0.140. The largest absolute Gasteiger partial charge is 0.380 e. The van der Waals surface area contributed by atoms with Crippen LogP contribution in [0.2, 0.25) is 0 Å². The lowest BCUT2D eigenvalue weighted by Crippen LogP contribution is -2.04. The maximum atomic E-state index is 5.33. The highest BCUT2D eigenvalue weighted by molar-refractivity contribution is 5.75. The fraction of sp³-hybridized carbons (Fsp3) is 0.538. The van der Waals surface area contributed by atoms with Crippen LogP contribution < -0.4 is 0 Å². The lowest BCUT2D eigenvalue weighted by atomic mass is 10.3. The predicted octanol–water partition coefficient (Wildman–Crippen LogP) is 2.80. The second-order valence-corrected chi connectivity index (χ2v) is 3.46. The topological polar surface area (TPSA) is 39.9 Å². The van der Waals surface area contributed by atoms with Crippen LogP contribution in [-0.4, -0.2) is 28.0 Å². The van der Waals surface area contributed by atoms with Crippen molar-refractivity contribution in [1.29, 1.82) is 0 Å². The molecule has 0 bridgehead atoms. The van der Waals surface area contributed by atoms with E-state index in [0.717, 1.165) is 36.5 Å². The fourth-order valence-corrected chi connectivity index (χ4v) is 1.58. The molecule has 0 aromatic carbocycles. The normalized spacial score (nSPS) is 10.1. The van der Waals surface area contributed by atoms with Gasteiger partial charge >= 0.3 is 0 Å². The SMILES string of the molecule is CC.CCOCCn1ccc2nnc(C)cc21. The van der Waals surface area contributed by atoms with E-state index in [0.29, 0.717) is 0 Å². The van der Waals surface area contributed by atoms with Gasteiger partial charge in [-0.15, -0.1) is 5.10 Å². The van der Waals surface area contributed by atoms with Crippen molar-refractivity contribution in [3.05, 3.63) is 24.0 Å². The van der Waals surface area contributed by atoms with Crippen molar-refractivity contribution < 1.29 is 4.74 Å². The van der Waals surface area contributed by atoms with Crippen LogP contribution in [0.25, 0.3) is 11.0 Å². The number of fused-ring (bicyclic) bond motifs is 1. The molecule has 0 spiro atoms. The Balaban J connectivity index is 0.000000686. The van der Waals surface area contributed by atoms with E-state index in [2.05, 4.69) is 14.8 Å². The van der Waals surface area contributed by atoms with Crippen LogP contribution >= 0.6 is 0 Å². The Morgan fingerprint density at radius 2 is 2.06 bits per heavy atom. The molecule has 0 amide bonds. The van der Waals surface area contributed by atoms with Crippen molar-refractivity contribution in [2.45, 2.75) is 34.2 Å². The first-order chi connectivity index (χ1) is 8.31. The summed E-state index contributed by atoms with van der Waals surface area (Å²) in [5.41, 5.74) is 3.01.